The molecule has 6 nitrogen and oxygen atoms in total. The Labute approximate surface area is 209 Å². The lowest BCUT2D eigenvalue weighted by molar-refractivity contribution is -0.117. The smallest absolute Gasteiger partial charge is 0.247 e. The molecule has 0 bridgehead atoms. The number of nitrogens with two attached hydrogens (primary N) is 1. The van der Waals surface area contributed by atoms with Gasteiger partial charge in [0.2, 0.25) is 17.7 Å². The van der Waals surface area contributed by atoms with Crippen LogP contribution in [0.4, 0.5) is 0 Å². The first-order valence-electron chi connectivity index (χ1n) is 11.8. The third-order valence-electron chi connectivity index (χ3n) is 6.16. The number of carbonyl (C=O) groups is 1. The van der Waals surface area contributed by atoms with Gasteiger partial charge in [-0.3, -0.25) is 9.78 Å². The lowest BCUT2D eigenvalue weighted by Gasteiger charge is -2.15. The number of benzene rings is 3. The first kappa shape index (κ1) is 23.2. The van der Waals surface area contributed by atoms with Crippen LogP contribution in [-0.4, -0.2) is 21.1 Å². The molecule has 0 aliphatic heterocycles. The average Bonchev–Trinajstić information content (AvgIpc) is 3.31. The SMILES string of the molecule is Cc1nnc(-c2ccc(C)c(-c3ccc(CC(N)=O)cc3-c3ccc(Cc4cccnc4)cc3)c2)o1. The fraction of sp³-hybridized carbons (Fsp3) is 0.133. The monoisotopic (exact) mass is 474 g/mol. The maximum absolute atomic E-state index is 11.6. The molecule has 0 saturated heterocycles. The molecule has 2 N–H and O–H groups in total. The molecule has 3 aromatic carbocycles. The molecular weight excluding hydrogens is 448 g/mol. The number of amides is 1. The maximum atomic E-state index is 11.6. The van der Waals surface area contributed by atoms with Crippen molar-refractivity contribution in [1.82, 2.24) is 15.2 Å². The summed E-state index contributed by atoms with van der Waals surface area (Å²) in [5, 5.41) is 8.15. The van der Waals surface area contributed by atoms with Crippen LogP contribution in [-0.2, 0) is 17.6 Å². The molecule has 0 saturated carbocycles. The van der Waals surface area contributed by atoms with Crippen LogP contribution < -0.4 is 5.73 Å². The molecule has 178 valence electrons. The molecule has 0 fully saturated rings. The van der Waals surface area contributed by atoms with Gasteiger partial charge in [0, 0.05) is 24.9 Å². The fourth-order valence-corrected chi connectivity index (χ4v) is 4.38. The van der Waals surface area contributed by atoms with Crippen LogP contribution in [0.1, 0.15) is 28.1 Å². The molecule has 0 atom stereocenters. The highest BCUT2D eigenvalue weighted by Crippen LogP contribution is 2.37. The van der Waals surface area contributed by atoms with Crippen LogP contribution in [0.25, 0.3) is 33.7 Å². The van der Waals surface area contributed by atoms with E-state index in [1.807, 2.05) is 24.4 Å². The Morgan fingerprint density at radius 3 is 2.28 bits per heavy atom. The second-order valence-corrected chi connectivity index (χ2v) is 8.91. The van der Waals surface area contributed by atoms with Crippen LogP contribution in [0.2, 0.25) is 0 Å². The Morgan fingerprint density at radius 2 is 1.58 bits per heavy atom. The standard InChI is InChI=1S/C30H26N4O2/c1-19-5-9-25(30-34-33-20(2)36-30)17-27(19)26-12-8-22(16-29(31)35)15-28(26)24-10-6-21(7-11-24)14-23-4-3-13-32-18-23/h3-13,15,17-18H,14,16H2,1-2H3,(H2,31,35). The van der Waals surface area contributed by atoms with Gasteiger partial charge in [0.25, 0.3) is 0 Å². The molecule has 0 spiro atoms. The van der Waals surface area contributed by atoms with Crippen molar-refractivity contribution in [3.05, 3.63) is 113 Å². The number of carbonyl (C=O) groups excluding carboxylic acids is 1. The molecule has 6 heteroatoms. The first-order chi connectivity index (χ1) is 17.5. The van der Waals surface area contributed by atoms with E-state index in [1.165, 1.54) is 5.56 Å². The number of hydrogen-bond acceptors (Lipinski definition) is 5. The van der Waals surface area contributed by atoms with Crippen LogP contribution in [0.15, 0.2) is 89.6 Å². The Kier molecular flexibility index (Phi) is 6.41. The number of pyridine rings is 1. The zero-order valence-corrected chi connectivity index (χ0v) is 20.2. The van der Waals surface area contributed by atoms with Gasteiger partial charge >= 0.3 is 0 Å². The number of hydrogen-bond donors (Lipinski definition) is 1. The lowest BCUT2D eigenvalue weighted by Crippen LogP contribution is -2.13. The minimum Gasteiger partial charge on any atom is -0.421 e. The van der Waals surface area contributed by atoms with Crippen molar-refractivity contribution in [1.29, 1.82) is 0 Å². The summed E-state index contributed by atoms with van der Waals surface area (Å²) in [6.07, 6.45) is 4.67. The third kappa shape index (κ3) is 5.08. The van der Waals surface area contributed by atoms with Crippen molar-refractivity contribution >= 4 is 5.91 Å². The Balaban J connectivity index is 1.57. The van der Waals surface area contributed by atoms with Crippen molar-refractivity contribution in [3.63, 3.8) is 0 Å². The molecule has 0 radical (unpaired) electrons. The fourth-order valence-electron chi connectivity index (χ4n) is 4.38. The van der Waals surface area contributed by atoms with Crippen LogP contribution in [0.3, 0.4) is 0 Å². The molecular formula is C30H26N4O2. The van der Waals surface area contributed by atoms with Gasteiger partial charge in [0.15, 0.2) is 0 Å². The van der Waals surface area contributed by atoms with E-state index in [0.29, 0.717) is 11.8 Å². The number of primary amides is 1. The molecule has 0 unspecified atom stereocenters. The van der Waals surface area contributed by atoms with E-state index >= 15 is 0 Å². The summed E-state index contributed by atoms with van der Waals surface area (Å²) in [5.41, 5.74) is 14.9. The predicted octanol–water partition coefficient (Wildman–Crippen LogP) is 5.70. The second-order valence-electron chi connectivity index (χ2n) is 8.91. The van der Waals surface area contributed by atoms with E-state index in [2.05, 4.69) is 76.7 Å². The average molecular weight is 475 g/mol. The summed E-state index contributed by atoms with van der Waals surface area (Å²) in [4.78, 5) is 15.9. The summed E-state index contributed by atoms with van der Waals surface area (Å²) < 4.78 is 5.66. The first-order valence-corrected chi connectivity index (χ1v) is 11.8. The van der Waals surface area contributed by atoms with Crippen molar-refractivity contribution in [3.8, 4) is 33.7 Å². The second kappa shape index (κ2) is 9.96. The quantitative estimate of drug-likeness (QED) is 0.326. The van der Waals surface area contributed by atoms with Crippen molar-refractivity contribution in [2.45, 2.75) is 26.7 Å². The van der Waals surface area contributed by atoms with Crippen LogP contribution in [0.5, 0.6) is 0 Å². The molecule has 2 heterocycles. The number of aromatic nitrogens is 3. The highest BCUT2D eigenvalue weighted by Gasteiger charge is 2.15. The molecule has 1 amide bonds. The number of nitrogens with zero attached hydrogens (tertiary/aromatic N) is 3. The van der Waals surface area contributed by atoms with E-state index in [0.717, 1.165) is 50.9 Å². The normalized spacial score (nSPS) is 10.9. The van der Waals surface area contributed by atoms with E-state index < -0.39 is 0 Å². The predicted molar refractivity (Wildman–Crippen MR) is 140 cm³/mol. The summed E-state index contributed by atoms with van der Waals surface area (Å²) in [6.45, 7) is 3.86. The molecule has 5 rings (SSSR count). The minimum absolute atomic E-state index is 0.187. The van der Waals surface area contributed by atoms with Crippen LogP contribution >= 0.6 is 0 Å². The molecule has 5 aromatic rings. The van der Waals surface area contributed by atoms with Gasteiger partial charge in [0.1, 0.15) is 0 Å². The van der Waals surface area contributed by atoms with Gasteiger partial charge in [-0.05, 0) is 76.1 Å². The minimum atomic E-state index is -0.356. The van der Waals surface area contributed by atoms with Gasteiger partial charge in [0.05, 0.1) is 6.42 Å². The van der Waals surface area contributed by atoms with Gasteiger partial charge in [-0.1, -0.05) is 54.6 Å². The Hall–Kier alpha value is -4.58. The van der Waals surface area contributed by atoms with Gasteiger partial charge in [-0.25, -0.2) is 0 Å². The largest absolute Gasteiger partial charge is 0.421 e. The van der Waals surface area contributed by atoms with Crippen molar-refractivity contribution < 1.29 is 9.21 Å². The van der Waals surface area contributed by atoms with Gasteiger partial charge < -0.3 is 10.2 Å². The van der Waals surface area contributed by atoms with Gasteiger partial charge in [-0.2, -0.15) is 0 Å². The number of aryl methyl sites for hydroxylation is 2. The summed E-state index contributed by atoms with van der Waals surface area (Å²) in [7, 11) is 0. The van der Waals surface area contributed by atoms with E-state index in [-0.39, 0.29) is 12.3 Å². The Morgan fingerprint density at radius 1 is 0.806 bits per heavy atom. The lowest BCUT2D eigenvalue weighted by atomic mass is 9.89. The zero-order valence-electron chi connectivity index (χ0n) is 20.2. The summed E-state index contributed by atoms with van der Waals surface area (Å²) >= 11 is 0. The van der Waals surface area contributed by atoms with E-state index in [1.54, 1.807) is 13.1 Å². The molecule has 0 aliphatic rings. The molecule has 36 heavy (non-hydrogen) atoms. The zero-order chi connectivity index (χ0) is 25.1. The van der Waals surface area contributed by atoms with Crippen LogP contribution in [0, 0.1) is 13.8 Å². The van der Waals surface area contributed by atoms with Crippen molar-refractivity contribution in [2.24, 2.45) is 5.73 Å². The topological polar surface area (TPSA) is 94.9 Å². The number of rotatable bonds is 7. The van der Waals surface area contributed by atoms with E-state index in [4.69, 9.17) is 10.2 Å². The van der Waals surface area contributed by atoms with Gasteiger partial charge in [-0.15, -0.1) is 10.2 Å². The van der Waals surface area contributed by atoms with Crippen molar-refractivity contribution in [2.75, 3.05) is 0 Å². The Bertz CT molecular complexity index is 1520. The highest BCUT2D eigenvalue weighted by molar-refractivity contribution is 5.87. The molecule has 2 aromatic heterocycles. The molecule has 0 aliphatic carbocycles. The highest BCUT2D eigenvalue weighted by atomic mass is 16.4. The third-order valence-corrected chi connectivity index (χ3v) is 6.16. The maximum Gasteiger partial charge on any atom is 0.247 e. The summed E-state index contributed by atoms with van der Waals surface area (Å²) in [6, 6.07) is 24.7. The summed E-state index contributed by atoms with van der Waals surface area (Å²) in [5.74, 6) is 0.654. The van der Waals surface area contributed by atoms with E-state index in [9.17, 15) is 4.79 Å².